The number of carbonyl (C=O) groups is 1. The van der Waals surface area contributed by atoms with Crippen molar-refractivity contribution in [2.45, 2.75) is 38.7 Å². The topological polar surface area (TPSA) is 26.3 Å². The standard InChI is InChI=1S/C25H26O2/c1-3-18-25(2,24(26)27-19-20-10-6-4-7-11-20)23-16-14-22(15-17-23)21-12-8-5-9-13-21/h4-17H,3,18-19H2,1-2H3. The van der Waals surface area contributed by atoms with Gasteiger partial charge in [-0.15, -0.1) is 0 Å². The van der Waals surface area contributed by atoms with E-state index in [0.717, 1.165) is 29.5 Å². The Hall–Kier alpha value is -2.87. The maximum Gasteiger partial charge on any atom is 0.316 e. The van der Waals surface area contributed by atoms with Crippen molar-refractivity contribution in [3.8, 4) is 11.1 Å². The number of esters is 1. The van der Waals surface area contributed by atoms with E-state index in [2.05, 4.69) is 43.3 Å². The Morgan fingerprint density at radius 1 is 0.815 bits per heavy atom. The van der Waals surface area contributed by atoms with Crippen LogP contribution in [-0.2, 0) is 21.6 Å². The van der Waals surface area contributed by atoms with Crippen molar-refractivity contribution in [2.75, 3.05) is 0 Å². The first-order chi connectivity index (χ1) is 13.1. The van der Waals surface area contributed by atoms with Crippen LogP contribution >= 0.6 is 0 Å². The zero-order valence-corrected chi connectivity index (χ0v) is 16.0. The minimum atomic E-state index is -0.640. The van der Waals surface area contributed by atoms with E-state index in [-0.39, 0.29) is 5.97 Å². The van der Waals surface area contributed by atoms with Crippen LogP contribution in [0.1, 0.15) is 37.8 Å². The normalized spacial score (nSPS) is 13.0. The molecule has 0 saturated carbocycles. The highest BCUT2D eigenvalue weighted by Crippen LogP contribution is 2.32. The lowest BCUT2D eigenvalue weighted by atomic mass is 9.78. The second-order valence-corrected chi connectivity index (χ2v) is 7.09. The van der Waals surface area contributed by atoms with Gasteiger partial charge in [0.25, 0.3) is 0 Å². The maximum atomic E-state index is 13.0. The summed E-state index contributed by atoms with van der Waals surface area (Å²) < 4.78 is 5.68. The van der Waals surface area contributed by atoms with Crippen molar-refractivity contribution in [3.05, 3.63) is 96.1 Å². The number of rotatable bonds is 7. The van der Waals surface area contributed by atoms with Crippen LogP contribution in [0.5, 0.6) is 0 Å². The third-order valence-corrected chi connectivity index (χ3v) is 5.04. The summed E-state index contributed by atoms with van der Waals surface area (Å²) in [6.45, 7) is 4.39. The Morgan fingerprint density at radius 2 is 1.37 bits per heavy atom. The Labute approximate surface area is 161 Å². The summed E-state index contributed by atoms with van der Waals surface area (Å²) >= 11 is 0. The van der Waals surface area contributed by atoms with Crippen molar-refractivity contribution in [1.29, 1.82) is 0 Å². The van der Waals surface area contributed by atoms with Gasteiger partial charge in [-0.25, -0.2) is 0 Å². The molecule has 0 spiro atoms. The van der Waals surface area contributed by atoms with Gasteiger partial charge in [0.05, 0.1) is 5.41 Å². The number of carbonyl (C=O) groups excluding carboxylic acids is 1. The van der Waals surface area contributed by atoms with Gasteiger partial charge in [0.1, 0.15) is 6.61 Å². The average molecular weight is 358 g/mol. The van der Waals surface area contributed by atoms with Crippen LogP contribution in [0.25, 0.3) is 11.1 Å². The molecule has 0 aliphatic heterocycles. The third kappa shape index (κ3) is 4.46. The van der Waals surface area contributed by atoms with Crippen LogP contribution in [0, 0.1) is 0 Å². The van der Waals surface area contributed by atoms with E-state index in [1.165, 1.54) is 5.56 Å². The summed E-state index contributed by atoms with van der Waals surface area (Å²) in [5, 5.41) is 0. The molecular weight excluding hydrogens is 332 g/mol. The highest BCUT2D eigenvalue weighted by Gasteiger charge is 2.36. The highest BCUT2D eigenvalue weighted by molar-refractivity contribution is 5.83. The molecule has 3 aromatic rings. The number of ether oxygens (including phenoxy) is 1. The summed E-state index contributed by atoms with van der Waals surface area (Å²) in [6.07, 6.45) is 1.67. The van der Waals surface area contributed by atoms with Gasteiger partial charge in [-0.1, -0.05) is 98.3 Å². The highest BCUT2D eigenvalue weighted by atomic mass is 16.5. The predicted octanol–water partition coefficient (Wildman–Crippen LogP) is 6.15. The summed E-state index contributed by atoms with van der Waals surface area (Å²) in [7, 11) is 0. The minimum Gasteiger partial charge on any atom is -0.460 e. The fourth-order valence-electron chi connectivity index (χ4n) is 3.41. The Bertz CT molecular complexity index is 854. The Balaban J connectivity index is 1.79. The summed E-state index contributed by atoms with van der Waals surface area (Å²) in [6, 6.07) is 28.4. The van der Waals surface area contributed by atoms with Crippen LogP contribution in [0.15, 0.2) is 84.9 Å². The molecule has 0 amide bonds. The molecule has 2 heteroatoms. The van der Waals surface area contributed by atoms with Gasteiger partial charge in [0.2, 0.25) is 0 Å². The average Bonchev–Trinajstić information content (AvgIpc) is 2.73. The lowest BCUT2D eigenvalue weighted by Crippen LogP contribution is -2.34. The zero-order chi connectivity index (χ0) is 19.1. The van der Waals surface area contributed by atoms with Gasteiger partial charge in [0.15, 0.2) is 0 Å². The number of benzene rings is 3. The van der Waals surface area contributed by atoms with Gasteiger partial charge < -0.3 is 4.74 Å². The molecule has 1 atom stereocenters. The van der Waals surface area contributed by atoms with Crippen molar-refractivity contribution in [1.82, 2.24) is 0 Å². The Morgan fingerprint density at radius 3 is 1.96 bits per heavy atom. The van der Waals surface area contributed by atoms with Gasteiger partial charge in [0, 0.05) is 0 Å². The lowest BCUT2D eigenvalue weighted by molar-refractivity contribution is -0.151. The van der Waals surface area contributed by atoms with Crippen molar-refractivity contribution >= 4 is 5.97 Å². The molecule has 0 bridgehead atoms. The van der Waals surface area contributed by atoms with Crippen molar-refractivity contribution < 1.29 is 9.53 Å². The SMILES string of the molecule is CCCC(C)(C(=O)OCc1ccccc1)c1ccc(-c2ccccc2)cc1. The smallest absolute Gasteiger partial charge is 0.316 e. The molecule has 2 nitrogen and oxygen atoms in total. The van der Waals surface area contributed by atoms with E-state index in [9.17, 15) is 4.79 Å². The van der Waals surface area contributed by atoms with Crippen LogP contribution in [0.2, 0.25) is 0 Å². The first-order valence-electron chi connectivity index (χ1n) is 9.50. The molecular formula is C25H26O2. The molecule has 0 heterocycles. The second kappa shape index (κ2) is 8.68. The van der Waals surface area contributed by atoms with Gasteiger partial charge in [-0.05, 0) is 35.6 Å². The van der Waals surface area contributed by atoms with E-state index in [4.69, 9.17) is 4.74 Å². The summed E-state index contributed by atoms with van der Waals surface area (Å²) in [4.78, 5) is 13.0. The summed E-state index contributed by atoms with van der Waals surface area (Å²) in [5.74, 6) is -0.166. The van der Waals surface area contributed by atoms with Crippen LogP contribution in [0.4, 0.5) is 0 Å². The van der Waals surface area contributed by atoms with Crippen molar-refractivity contribution in [2.24, 2.45) is 0 Å². The summed E-state index contributed by atoms with van der Waals surface area (Å²) in [5.41, 5.74) is 3.69. The van der Waals surface area contributed by atoms with E-state index in [0.29, 0.717) is 6.61 Å². The van der Waals surface area contributed by atoms with Gasteiger partial charge in [-0.2, -0.15) is 0 Å². The molecule has 0 aliphatic carbocycles. The molecule has 0 fully saturated rings. The van der Waals surface area contributed by atoms with E-state index in [1.807, 2.05) is 55.5 Å². The fourth-order valence-corrected chi connectivity index (χ4v) is 3.41. The molecule has 0 N–H and O–H groups in total. The monoisotopic (exact) mass is 358 g/mol. The molecule has 138 valence electrons. The second-order valence-electron chi connectivity index (χ2n) is 7.09. The third-order valence-electron chi connectivity index (χ3n) is 5.04. The minimum absolute atomic E-state index is 0.166. The zero-order valence-electron chi connectivity index (χ0n) is 16.0. The molecule has 27 heavy (non-hydrogen) atoms. The lowest BCUT2D eigenvalue weighted by Gasteiger charge is -2.28. The quantitative estimate of drug-likeness (QED) is 0.473. The molecule has 0 saturated heterocycles. The predicted molar refractivity (Wildman–Crippen MR) is 110 cm³/mol. The number of hydrogen-bond donors (Lipinski definition) is 0. The van der Waals surface area contributed by atoms with E-state index >= 15 is 0 Å². The first kappa shape index (κ1) is 18.9. The molecule has 1 unspecified atom stereocenters. The van der Waals surface area contributed by atoms with Gasteiger partial charge >= 0.3 is 5.97 Å². The Kier molecular flexibility index (Phi) is 6.08. The molecule has 3 rings (SSSR count). The fraction of sp³-hybridized carbons (Fsp3) is 0.240. The van der Waals surface area contributed by atoms with Crippen LogP contribution < -0.4 is 0 Å². The largest absolute Gasteiger partial charge is 0.460 e. The van der Waals surface area contributed by atoms with Crippen LogP contribution in [-0.4, -0.2) is 5.97 Å². The first-order valence-corrected chi connectivity index (χ1v) is 9.50. The van der Waals surface area contributed by atoms with Crippen molar-refractivity contribution in [3.63, 3.8) is 0 Å². The molecule has 0 radical (unpaired) electrons. The van der Waals surface area contributed by atoms with Gasteiger partial charge in [-0.3, -0.25) is 4.79 Å². The van der Waals surface area contributed by atoms with E-state index < -0.39 is 5.41 Å². The molecule has 0 aliphatic rings. The molecule has 3 aromatic carbocycles. The number of hydrogen-bond acceptors (Lipinski definition) is 2. The van der Waals surface area contributed by atoms with Crippen LogP contribution in [0.3, 0.4) is 0 Å². The maximum absolute atomic E-state index is 13.0. The van der Waals surface area contributed by atoms with E-state index in [1.54, 1.807) is 0 Å². The molecule has 0 aromatic heterocycles.